The monoisotopic (exact) mass is 493 g/mol. The fraction of sp³-hybridized carbons (Fsp3) is 0.792. The maximum absolute atomic E-state index is 12.7. The van der Waals surface area contributed by atoms with Gasteiger partial charge < -0.3 is 25.6 Å². The largest absolute Gasteiger partial charge is 0.444 e. The number of urea groups is 1. The Kier molecular flexibility index (Phi) is 8.60. The molecule has 35 heavy (non-hydrogen) atoms. The molecule has 3 N–H and O–H groups in total. The van der Waals surface area contributed by atoms with Crippen LogP contribution in [0.15, 0.2) is 0 Å². The van der Waals surface area contributed by atoms with Crippen molar-refractivity contribution < 1.29 is 28.7 Å². The molecule has 6 amide bonds. The minimum absolute atomic E-state index is 0.0725. The molecule has 0 radical (unpaired) electrons. The van der Waals surface area contributed by atoms with E-state index < -0.39 is 17.2 Å². The van der Waals surface area contributed by atoms with Crippen molar-refractivity contribution in [3.63, 3.8) is 0 Å². The standard InChI is InChI=1S/C24H39N5O6/c1-23(2,3)35-22(34)26-13-12-25-19(31)17-8-6-14-28(16-17)18(30)9-7-15-29-20(32)24(27-21(29)33)10-4-5-11-24/h17H,4-16H2,1-3H3,(H,25,31)(H,26,34)(H,27,33). The second kappa shape index (κ2) is 11.3. The lowest BCUT2D eigenvalue weighted by Gasteiger charge is -2.32. The number of ether oxygens (including phenoxy) is 1. The Bertz CT molecular complexity index is 833. The number of carbonyl (C=O) groups is 5. The molecule has 0 aromatic rings. The molecule has 0 aromatic heterocycles. The van der Waals surface area contributed by atoms with Gasteiger partial charge in [0.05, 0.1) is 5.92 Å². The van der Waals surface area contributed by atoms with Crippen molar-refractivity contribution in [1.82, 2.24) is 25.8 Å². The molecule has 2 saturated heterocycles. The number of nitrogens with zero attached hydrogens (tertiary/aromatic N) is 2. The number of hydrogen-bond donors (Lipinski definition) is 3. The number of rotatable bonds is 8. The molecule has 2 heterocycles. The van der Waals surface area contributed by atoms with Crippen molar-refractivity contribution in [2.24, 2.45) is 5.92 Å². The molecule has 1 atom stereocenters. The van der Waals surface area contributed by atoms with Crippen molar-refractivity contribution in [3.05, 3.63) is 0 Å². The summed E-state index contributed by atoms with van der Waals surface area (Å²) >= 11 is 0. The van der Waals surface area contributed by atoms with Crippen LogP contribution < -0.4 is 16.0 Å². The Morgan fingerprint density at radius 2 is 1.77 bits per heavy atom. The van der Waals surface area contributed by atoms with E-state index in [4.69, 9.17) is 4.74 Å². The van der Waals surface area contributed by atoms with Gasteiger partial charge in [0.2, 0.25) is 11.8 Å². The molecule has 0 bridgehead atoms. The number of hydrogen-bond acceptors (Lipinski definition) is 6. The third-order valence-electron chi connectivity index (χ3n) is 6.71. The summed E-state index contributed by atoms with van der Waals surface area (Å²) in [6, 6.07) is -0.361. The van der Waals surface area contributed by atoms with Gasteiger partial charge >= 0.3 is 12.1 Å². The van der Waals surface area contributed by atoms with E-state index in [1.54, 1.807) is 25.7 Å². The molecule has 196 valence electrons. The van der Waals surface area contributed by atoms with E-state index in [9.17, 15) is 24.0 Å². The fourth-order valence-corrected chi connectivity index (χ4v) is 4.97. The highest BCUT2D eigenvalue weighted by molar-refractivity contribution is 6.07. The zero-order chi connectivity index (χ0) is 25.6. The summed E-state index contributed by atoms with van der Waals surface area (Å²) in [5.74, 6) is -0.683. The topological polar surface area (TPSA) is 137 Å². The Balaban J connectivity index is 1.36. The van der Waals surface area contributed by atoms with E-state index in [0.29, 0.717) is 38.8 Å². The molecule has 0 aromatic carbocycles. The van der Waals surface area contributed by atoms with Gasteiger partial charge in [-0.05, 0) is 52.9 Å². The van der Waals surface area contributed by atoms with Gasteiger partial charge in [0.1, 0.15) is 11.1 Å². The number of alkyl carbamates (subject to hydrolysis) is 1. The van der Waals surface area contributed by atoms with Crippen LogP contribution in [0, 0.1) is 5.92 Å². The van der Waals surface area contributed by atoms with Gasteiger partial charge in [-0.3, -0.25) is 19.3 Å². The lowest BCUT2D eigenvalue weighted by atomic mass is 9.96. The number of likely N-dealkylation sites (tertiary alicyclic amines) is 1. The van der Waals surface area contributed by atoms with Crippen molar-refractivity contribution in [2.75, 3.05) is 32.7 Å². The summed E-state index contributed by atoms with van der Waals surface area (Å²) in [4.78, 5) is 64.9. The summed E-state index contributed by atoms with van der Waals surface area (Å²) in [7, 11) is 0. The van der Waals surface area contributed by atoms with Crippen LogP contribution in [0.2, 0.25) is 0 Å². The van der Waals surface area contributed by atoms with Gasteiger partial charge in [0.15, 0.2) is 0 Å². The summed E-state index contributed by atoms with van der Waals surface area (Å²) < 4.78 is 5.15. The van der Waals surface area contributed by atoms with Crippen LogP contribution in [0.4, 0.5) is 9.59 Å². The first-order chi connectivity index (χ1) is 16.5. The highest BCUT2D eigenvalue weighted by Gasteiger charge is 2.52. The van der Waals surface area contributed by atoms with Crippen LogP contribution in [-0.2, 0) is 19.1 Å². The van der Waals surface area contributed by atoms with E-state index >= 15 is 0 Å². The highest BCUT2D eigenvalue weighted by atomic mass is 16.6. The summed E-state index contributed by atoms with van der Waals surface area (Å²) in [5, 5.41) is 8.26. The van der Waals surface area contributed by atoms with Crippen molar-refractivity contribution in [3.8, 4) is 0 Å². The summed E-state index contributed by atoms with van der Waals surface area (Å²) in [6.45, 7) is 7.01. The second-order valence-corrected chi connectivity index (χ2v) is 10.7. The van der Waals surface area contributed by atoms with Crippen LogP contribution in [0.25, 0.3) is 0 Å². The van der Waals surface area contributed by atoms with Crippen LogP contribution in [0.1, 0.15) is 72.1 Å². The average Bonchev–Trinajstić information content (AvgIpc) is 3.35. The normalized spacial score (nSPS) is 21.7. The SMILES string of the molecule is CC(C)(C)OC(=O)NCCNC(=O)C1CCCN(C(=O)CCCN2C(=O)NC3(CCCC3)C2=O)C1. The van der Waals surface area contributed by atoms with Gasteiger partial charge in [0.25, 0.3) is 5.91 Å². The van der Waals surface area contributed by atoms with Crippen LogP contribution in [0.3, 0.4) is 0 Å². The molecule has 1 unspecified atom stereocenters. The lowest BCUT2D eigenvalue weighted by Crippen LogP contribution is -2.47. The van der Waals surface area contributed by atoms with Crippen molar-refractivity contribution in [2.45, 2.75) is 83.3 Å². The average molecular weight is 494 g/mol. The molecule has 11 heteroatoms. The number of imide groups is 1. The van der Waals surface area contributed by atoms with Crippen LogP contribution in [0.5, 0.6) is 0 Å². The maximum atomic E-state index is 12.7. The Morgan fingerprint density at radius 3 is 2.46 bits per heavy atom. The maximum Gasteiger partial charge on any atom is 0.407 e. The van der Waals surface area contributed by atoms with Crippen molar-refractivity contribution >= 4 is 29.8 Å². The zero-order valence-electron chi connectivity index (χ0n) is 21.1. The summed E-state index contributed by atoms with van der Waals surface area (Å²) in [5.41, 5.74) is -1.31. The molecular weight excluding hydrogens is 454 g/mol. The minimum atomic E-state index is -0.725. The Labute approximate surface area is 206 Å². The molecule has 3 fully saturated rings. The Morgan fingerprint density at radius 1 is 1.09 bits per heavy atom. The molecule has 2 aliphatic heterocycles. The van der Waals surface area contributed by atoms with E-state index in [-0.39, 0.29) is 55.7 Å². The fourth-order valence-electron chi connectivity index (χ4n) is 4.97. The van der Waals surface area contributed by atoms with E-state index in [2.05, 4.69) is 16.0 Å². The third kappa shape index (κ3) is 7.08. The molecule has 3 rings (SSSR count). The molecule has 1 saturated carbocycles. The molecular formula is C24H39N5O6. The van der Waals surface area contributed by atoms with E-state index in [1.807, 2.05) is 0 Å². The van der Waals surface area contributed by atoms with Crippen LogP contribution in [-0.4, -0.2) is 83.5 Å². The summed E-state index contributed by atoms with van der Waals surface area (Å²) in [6.07, 6.45) is 4.74. The van der Waals surface area contributed by atoms with Gasteiger partial charge in [-0.2, -0.15) is 0 Å². The molecule has 11 nitrogen and oxygen atoms in total. The van der Waals surface area contributed by atoms with E-state index in [0.717, 1.165) is 19.3 Å². The molecule has 3 aliphatic rings. The highest BCUT2D eigenvalue weighted by Crippen LogP contribution is 2.35. The van der Waals surface area contributed by atoms with E-state index in [1.165, 1.54) is 4.90 Å². The predicted molar refractivity (Wildman–Crippen MR) is 127 cm³/mol. The number of carbonyl (C=O) groups excluding carboxylic acids is 5. The molecule has 1 aliphatic carbocycles. The first-order valence-corrected chi connectivity index (χ1v) is 12.7. The second-order valence-electron chi connectivity index (χ2n) is 10.7. The van der Waals surface area contributed by atoms with Gasteiger partial charge in [-0.25, -0.2) is 9.59 Å². The number of amides is 6. The lowest BCUT2D eigenvalue weighted by molar-refractivity contribution is -0.136. The minimum Gasteiger partial charge on any atom is -0.444 e. The van der Waals surface area contributed by atoms with Gasteiger partial charge in [-0.1, -0.05) is 12.8 Å². The Hall–Kier alpha value is -2.85. The predicted octanol–water partition coefficient (Wildman–Crippen LogP) is 1.51. The third-order valence-corrected chi connectivity index (χ3v) is 6.71. The quantitative estimate of drug-likeness (QED) is 0.346. The van der Waals surface area contributed by atoms with Gasteiger partial charge in [-0.15, -0.1) is 0 Å². The number of nitrogens with one attached hydrogen (secondary N) is 3. The molecule has 1 spiro atoms. The zero-order valence-corrected chi connectivity index (χ0v) is 21.1. The van der Waals surface area contributed by atoms with Crippen LogP contribution >= 0.6 is 0 Å². The number of piperidine rings is 1. The van der Waals surface area contributed by atoms with Crippen molar-refractivity contribution in [1.29, 1.82) is 0 Å². The first-order valence-electron chi connectivity index (χ1n) is 12.7. The smallest absolute Gasteiger partial charge is 0.407 e. The first kappa shape index (κ1) is 26.7. The van der Waals surface area contributed by atoms with Gasteiger partial charge in [0, 0.05) is 39.1 Å².